The van der Waals surface area contributed by atoms with E-state index in [1.54, 1.807) is 18.3 Å². The number of benzene rings is 2. The van der Waals surface area contributed by atoms with Crippen LogP contribution in [0.4, 0.5) is 5.69 Å². The first kappa shape index (κ1) is 21.5. The summed E-state index contributed by atoms with van der Waals surface area (Å²) in [6.07, 6.45) is 1.61. The van der Waals surface area contributed by atoms with Gasteiger partial charge in [0.1, 0.15) is 5.75 Å². The van der Waals surface area contributed by atoms with Gasteiger partial charge in [0.05, 0.1) is 6.21 Å². The molecule has 0 unspecified atom stereocenters. The molecule has 0 heterocycles. The summed E-state index contributed by atoms with van der Waals surface area (Å²) < 4.78 is 0. The van der Waals surface area contributed by atoms with E-state index in [1.807, 2.05) is 72.9 Å². The minimum Gasteiger partial charge on any atom is -0.507 e. The number of amides is 1. The molecule has 0 saturated carbocycles. The Balaban J connectivity index is 2.36. The molecule has 0 aliphatic rings. The van der Waals surface area contributed by atoms with E-state index < -0.39 is 0 Å². The fourth-order valence-corrected chi connectivity index (χ4v) is 2.97. The van der Waals surface area contributed by atoms with Crippen LogP contribution in [0.25, 0.3) is 0 Å². The molecular weight excluding hydrogens is 350 g/mol. The summed E-state index contributed by atoms with van der Waals surface area (Å²) in [6, 6.07) is 11.2. The van der Waals surface area contributed by atoms with Crippen molar-refractivity contribution in [1.29, 1.82) is 0 Å². The molecule has 2 aromatic rings. The Kier molecular flexibility index (Phi) is 6.17. The van der Waals surface area contributed by atoms with Gasteiger partial charge in [-0.2, -0.15) is 5.10 Å². The van der Waals surface area contributed by atoms with Crippen molar-refractivity contribution in [3.63, 3.8) is 0 Å². The first-order chi connectivity index (χ1) is 12.9. The molecule has 0 aromatic heterocycles. The van der Waals surface area contributed by atoms with Crippen molar-refractivity contribution in [2.75, 3.05) is 12.4 Å². The van der Waals surface area contributed by atoms with Crippen molar-refractivity contribution >= 4 is 17.8 Å². The molecule has 5 nitrogen and oxygen atoms in total. The molecule has 0 aliphatic carbocycles. The van der Waals surface area contributed by atoms with Crippen molar-refractivity contribution < 1.29 is 9.90 Å². The van der Waals surface area contributed by atoms with Crippen LogP contribution in [0.15, 0.2) is 41.5 Å². The molecule has 3 N–H and O–H groups in total. The number of hydrogen-bond acceptors (Lipinski definition) is 4. The Morgan fingerprint density at radius 1 is 1.00 bits per heavy atom. The van der Waals surface area contributed by atoms with E-state index in [1.165, 1.54) is 0 Å². The molecule has 2 aromatic carbocycles. The van der Waals surface area contributed by atoms with E-state index in [-0.39, 0.29) is 22.5 Å². The lowest BCUT2D eigenvalue weighted by Crippen LogP contribution is -2.22. The van der Waals surface area contributed by atoms with Gasteiger partial charge in [-0.3, -0.25) is 4.79 Å². The number of rotatable bonds is 4. The van der Waals surface area contributed by atoms with Crippen molar-refractivity contribution in [3.8, 4) is 5.75 Å². The lowest BCUT2D eigenvalue weighted by molar-refractivity contribution is 0.0955. The van der Waals surface area contributed by atoms with Gasteiger partial charge >= 0.3 is 0 Å². The van der Waals surface area contributed by atoms with Gasteiger partial charge in [0.25, 0.3) is 5.91 Å². The second kappa shape index (κ2) is 8.05. The zero-order chi connectivity index (χ0) is 21.1. The fraction of sp³-hybridized carbons (Fsp3) is 0.391. The fourth-order valence-electron chi connectivity index (χ4n) is 2.97. The van der Waals surface area contributed by atoms with Gasteiger partial charge in [0, 0.05) is 35.0 Å². The summed E-state index contributed by atoms with van der Waals surface area (Å²) in [4.78, 5) is 12.7. The van der Waals surface area contributed by atoms with Crippen LogP contribution in [0.1, 0.15) is 68.6 Å². The number of aromatic hydroxyl groups is 1. The van der Waals surface area contributed by atoms with Crippen LogP contribution in [0.2, 0.25) is 0 Å². The van der Waals surface area contributed by atoms with E-state index in [0.717, 1.165) is 22.4 Å². The Bertz CT molecular complexity index is 852. The maximum absolute atomic E-state index is 12.7. The third-order valence-corrected chi connectivity index (χ3v) is 4.59. The summed E-state index contributed by atoms with van der Waals surface area (Å²) in [5.74, 6) is -0.0582. The lowest BCUT2D eigenvalue weighted by atomic mass is 9.78. The lowest BCUT2D eigenvalue weighted by Gasteiger charge is -2.28. The molecule has 0 bridgehead atoms. The van der Waals surface area contributed by atoms with Gasteiger partial charge in [0.2, 0.25) is 0 Å². The minimum atomic E-state index is -0.311. The van der Waals surface area contributed by atoms with Gasteiger partial charge in [0.15, 0.2) is 0 Å². The third-order valence-electron chi connectivity index (χ3n) is 4.59. The predicted octanol–water partition coefficient (Wildman–Crippen LogP) is 4.79. The van der Waals surface area contributed by atoms with Crippen LogP contribution in [0, 0.1) is 0 Å². The van der Waals surface area contributed by atoms with Gasteiger partial charge in [-0.25, -0.2) is 5.43 Å². The second-order valence-corrected chi connectivity index (χ2v) is 8.96. The maximum atomic E-state index is 12.7. The van der Waals surface area contributed by atoms with E-state index in [9.17, 15) is 9.90 Å². The maximum Gasteiger partial charge on any atom is 0.271 e. The SMILES string of the molecule is CNc1ccccc1C=NNC(=O)c1cc(C(C)(C)C)c(O)c(C(C)(C)C)c1. The molecule has 28 heavy (non-hydrogen) atoms. The standard InChI is InChI=1S/C23H31N3O2/c1-22(2,3)17-12-16(13-18(20(17)27)23(4,5)6)21(28)26-25-14-15-10-8-9-11-19(15)24-7/h8-14,24,27H,1-7H3,(H,26,28). The summed E-state index contributed by atoms with van der Waals surface area (Å²) in [7, 11) is 1.84. The number of phenols is 1. The zero-order valence-electron chi connectivity index (χ0n) is 17.8. The summed E-state index contributed by atoms with van der Waals surface area (Å²) in [5.41, 5.74) is 5.78. The molecule has 2 rings (SSSR count). The van der Waals surface area contributed by atoms with Crippen molar-refractivity contribution in [1.82, 2.24) is 5.43 Å². The van der Waals surface area contributed by atoms with E-state index >= 15 is 0 Å². The molecule has 0 spiro atoms. The highest BCUT2D eigenvalue weighted by molar-refractivity contribution is 5.96. The molecular formula is C23H31N3O2. The summed E-state index contributed by atoms with van der Waals surface area (Å²) in [5, 5.41) is 18.0. The first-order valence-corrected chi connectivity index (χ1v) is 9.43. The third kappa shape index (κ3) is 4.91. The van der Waals surface area contributed by atoms with Crippen LogP contribution in [-0.2, 0) is 10.8 Å². The molecule has 0 fully saturated rings. The largest absolute Gasteiger partial charge is 0.507 e. The van der Waals surface area contributed by atoms with E-state index in [2.05, 4.69) is 15.8 Å². The van der Waals surface area contributed by atoms with Gasteiger partial charge in [-0.15, -0.1) is 0 Å². The Labute approximate surface area is 167 Å². The highest BCUT2D eigenvalue weighted by Gasteiger charge is 2.27. The number of hydrogen-bond donors (Lipinski definition) is 3. The Morgan fingerprint density at radius 2 is 1.54 bits per heavy atom. The summed E-state index contributed by atoms with van der Waals surface area (Å²) in [6.45, 7) is 12.1. The van der Waals surface area contributed by atoms with E-state index in [4.69, 9.17) is 0 Å². The highest BCUT2D eigenvalue weighted by atomic mass is 16.3. The number of nitrogens with zero attached hydrogens (tertiary/aromatic N) is 1. The molecule has 0 atom stereocenters. The quantitative estimate of drug-likeness (QED) is 0.526. The number of carbonyl (C=O) groups excluding carboxylic acids is 1. The van der Waals surface area contributed by atoms with Crippen molar-refractivity contribution in [3.05, 3.63) is 58.7 Å². The van der Waals surface area contributed by atoms with Crippen LogP contribution >= 0.6 is 0 Å². The molecule has 1 amide bonds. The second-order valence-electron chi connectivity index (χ2n) is 8.96. The molecule has 150 valence electrons. The monoisotopic (exact) mass is 381 g/mol. The number of carbonyl (C=O) groups is 1. The predicted molar refractivity (Wildman–Crippen MR) is 117 cm³/mol. The van der Waals surface area contributed by atoms with Crippen LogP contribution in [0.3, 0.4) is 0 Å². The molecule has 0 saturated heterocycles. The highest BCUT2D eigenvalue weighted by Crippen LogP contribution is 2.39. The zero-order valence-corrected chi connectivity index (χ0v) is 17.8. The number of anilines is 1. The number of para-hydroxylation sites is 1. The number of phenolic OH excluding ortho intramolecular Hbond substituents is 1. The number of hydrazone groups is 1. The van der Waals surface area contributed by atoms with Crippen LogP contribution in [0.5, 0.6) is 5.75 Å². The summed E-state index contributed by atoms with van der Waals surface area (Å²) >= 11 is 0. The molecule has 0 radical (unpaired) electrons. The topological polar surface area (TPSA) is 73.7 Å². The number of nitrogens with one attached hydrogen (secondary N) is 2. The van der Waals surface area contributed by atoms with Crippen LogP contribution < -0.4 is 10.7 Å². The average Bonchev–Trinajstić information content (AvgIpc) is 2.60. The van der Waals surface area contributed by atoms with Crippen LogP contribution in [-0.4, -0.2) is 24.3 Å². The van der Waals surface area contributed by atoms with Gasteiger partial charge in [-0.05, 0) is 29.0 Å². The van der Waals surface area contributed by atoms with Gasteiger partial charge in [-0.1, -0.05) is 59.7 Å². The first-order valence-electron chi connectivity index (χ1n) is 9.43. The smallest absolute Gasteiger partial charge is 0.271 e. The van der Waals surface area contributed by atoms with E-state index in [0.29, 0.717) is 5.56 Å². The Morgan fingerprint density at radius 3 is 2.04 bits per heavy atom. The average molecular weight is 382 g/mol. The van der Waals surface area contributed by atoms with Gasteiger partial charge < -0.3 is 10.4 Å². The molecule has 5 heteroatoms. The van der Waals surface area contributed by atoms with Crippen molar-refractivity contribution in [2.24, 2.45) is 5.10 Å². The normalized spacial score (nSPS) is 12.2. The Hall–Kier alpha value is -2.82. The minimum absolute atomic E-state index is 0.253. The van der Waals surface area contributed by atoms with Crippen molar-refractivity contribution in [2.45, 2.75) is 52.4 Å². The molecule has 0 aliphatic heterocycles.